The fourth-order valence-corrected chi connectivity index (χ4v) is 1.71. The highest BCUT2D eigenvalue weighted by Crippen LogP contribution is 2.20. The third-order valence-electron chi connectivity index (χ3n) is 2.71. The highest BCUT2D eigenvalue weighted by atomic mass is 35.5. The van der Waals surface area contributed by atoms with Crippen LogP contribution < -0.4 is 16.4 Å². The van der Waals surface area contributed by atoms with Gasteiger partial charge in [-0.2, -0.15) is 0 Å². The van der Waals surface area contributed by atoms with Crippen LogP contribution in [0.25, 0.3) is 0 Å². The summed E-state index contributed by atoms with van der Waals surface area (Å²) >= 11 is 5.91. The van der Waals surface area contributed by atoms with Gasteiger partial charge in [-0.3, -0.25) is 9.59 Å². The van der Waals surface area contributed by atoms with E-state index in [1.807, 2.05) is 13.8 Å². The second-order valence-electron chi connectivity index (χ2n) is 4.29. The molecule has 0 unspecified atom stereocenters. The topological polar surface area (TPSA) is 84.2 Å². The van der Waals surface area contributed by atoms with Crippen LogP contribution in [0.15, 0.2) is 18.2 Å². The number of nitrogens with two attached hydrogens (primary N) is 1. The maximum absolute atomic E-state index is 11.6. The minimum absolute atomic E-state index is 0.0931. The molecule has 6 heteroatoms. The number of rotatable bonds is 6. The zero-order valence-corrected chi connectivity index (χ0v) is 11.8. The number of hydrogen-bond acceptors (Lipinski definition) is 3. The van der Waals surface area contributed by atoms with Crippen molar-refractivity contribution in [3.8, 4) is 0 Å². The molecular formula is C13H18ClN3O2. The number of carbonyl (C=O) groups excluding carboxylic acids is 2. The lowest BCUT2D eigenvalue weighted by molar-refractivity contribution is -0.120. The van der Waals surface area contributed by atoms with Crippen molar-refractivity contribution in [3.05, 3.63) is 28.8 Å². The summed E-state index contributed by atoms with van der Waals surface area (Å²) in [6.07, 6.45) is 0.880. The Bertz CT molecular complexity index is 477. The monoisotopic (exact) mass is 283 g/mol. The van der Waals surface area contributed by atoms with Gasteiger partial charge < -0.3 is 16.4 Å². The maximum Gasteiger partial charge on any atom is 0.250 e. The Hall–Kier alpha value is -1.75. The van der Waals surface area contributed by atoms with E-state index in [0.29, 0.717) is 5.69 Å². The zero-order chi connectivity index (χ0) is 14.4. The first-order valence-electron chi connectivity index (χ1n) is 6.06. The average molecular weight is 284 g/mol. The first kappa shape index (κ1) is 15.3. The van der Waals surface area contributed by atoms with Crippen LogP contribution in [0.3, 0.4) is 0 Å². The molecule has 1 rings (SSSR count). The third kappa shape index (κ3) is 4.79. The van der Waals surface area contributed by atoms with Gasteiger partial charge in [0.05, 0.1) is 17.1 Å². The summed E-state index contributed by atoms with van der Waals surface area (Å²) in [5.41, 5.74) is 6.07. The fraction of sp³-hybridized carbons (Fsp3) is 0.385. The number of hydrogen-bond donors (Lipinski definition) is 3. The molecule has 0 radical (unpaired) electrons. The molecule has 0 saturated heterocycles. The van der Waals surface area contributed by atoms with Crippen LogP contribution in [0.1, 0.15) is 30.6 Å². The van der Waals surface area contributed by atoms with E-state index in [1.165, 1.54) is 6.07 Å². The van der Waals surface area contributed by atoms with Crippen molar-refractivity contribution in [2.75, 3.05) is 11.9 Å². The van der Waals surface area contributed by atoms with Crippen molar-refractivity contribution < 1.29 is 9.59 Å². The van der Waals surface area contributed by atoms with E-state index < -0.39 is 5.91 Å². The van der Waals surface area contributed by atoms with Crippen molar-refractivity contribution in [3.63, 3.8) is 0 Å². The predicted molar refractivity (Wildman–Crippen MR) is 76.4 cm³/mol. The van der Waals surface area contributed by atoms with Crippen molar-refractivity contribution in [2.45, 2.75) is 26.3 Å². The van der Waals surface area contributed by atoms with Crippen molar-refractivity contribution in [2.24, 2.45) is 5.73 Å². The van der Waals surface area contributed by atoms with Crippen LogP contribution in [-0.2, 0) is 4.79 Å². The van der Waals surface area contributed by atoms with Crippen LogP contribution in [0.5, 0.6) is 0 Å². The third-order valence-corrected chi connectivity index (χ3v) is 3.02. The van der Waals surface area contributed by atoms with E-state index in [0.717, 1.165) is 6.42 Å². The van der Waals surface area contributed by atoms with Crippen LogP contribution >= 0.6 is 11.6 Å². The Labute approximate surface area is 117 Å². The Morgan fingerprint density at radius 1 is 1.42 bits per heavy atom. The van der Waals surface area contributed by atoms with Crippen molar-refractivity contribution in [1.29, 1.82) is 0 Å². The summed E-state index contributed by atoms with van der Waals surface area (Å²) in [6.45, 7) is 4.09. The van der Waals surface area contributed by atoms with Crippen LogP contribution in [0.2, 0.25) is 5.02 Å². The average Bonchev–Trinajstić information content (AvgIpc) is 2.35. The minimum atomic E-state index is -0.578. The summed E-state index contributed by atoms with van der Waals surface area (Å²) in [5, 5.41) is 6.03. The molecule has 0 spiro atoms. The summed E-state index contributed by atoms with van der Waals surface area (Å²) in [4.78, 5) is 22.6. The van der Waals surface area contributed by atoms with Gasteiger partial charge in [-0.15, -0.1) is 0 Å². The van der Waals surface area contributed by atoms with Gasteiger partial charge in [0, 0.05) is 11.7 Å². The Kier molecular flexibility index (Phi) is 5.63. The first-order valence-corrected chi connectivity index (χ1v) is 6.44. The van der Waals surface area contributed by atoms with Crippen molar-refractivity contribution in [1.82, 2.24) is 5.32 Å². The number of benzene rings is 1. The van der Waals surface area contributed by atoms with E-state index in [-0.39, 0.29) is 29.1 Å². The highest BCUT2D eigenvalue weighted by Gasteiger charge is 2.08. The van der Waals surface area contributed by atoms with E-state index in [9.17, 15) is 9.59 Å². The summed E-state index contributed by atoms with van der Waals surface area (Å²) in [7, 11) is 0. The molecule has 2 amide bonds. The lowest BCUT2D eigenvalue weighted by atomic mass is 10.2. The number of amides is 2. The number of anilines is 1. The Morgan fingerprint density at radius 2 is 2.11 bits per heavy atom. The summed E-state index contributed by atoms with van der Waals surface area (Å²) in [5.74, 6) is -0.671. The molecule has 0 aliphatic heterocycles. The Morgan fingerprint density at radius 3 is 2.63 bits per heavy atom. The SMILES string of the molecule is CC[C@@H](C)NC(=O)CNc1ccc(C(N)=O)c(Cl)c1. The molecule has 0 aliphatic rings. The minimum Gasteiger partial charge on any atom is -0.376 e. The van der Waals surface area contributed by atoms with Crippen LogP contribution in [0, 0.1) is 0 Å². The largest absolute Gasteiger partial charge is 0.376 e. The van der Waals surface area contributed by atoms with E-state index in [2.05, 4.69) is 10.6 Å². The standard InChI is InChI=1S/C13H18ClN3O2/c1-3-8(2)17-12(18)7-16-9-4-5-10(13(15)19)11(14)6-9/h4-6,8,16H,3,7H2,1-2H3,(H2,15,19)(H,17,18)/t8-/m1/s1. The number of halogens is 1. The smallest absolute Gasteiger partial charge is 0.250 e. The molecule has 0 bridgehead atoms. The van der Waals surface area contributed by atoms with Gasteiger partial charge in [0.25, 0.3) is 0 Å². The molecule has 1 aromatic carbocycles. The van der Waals surface area contributed by atoms with Gasteiger partial charge in [0.15, 0.2) is 0 Å². The molecular weight excluding hydrogens is 266 g/mol. The molecule has 0 aliphatic carbocycles. The molecule has 19 heavy (non-hydrogen) atoms. The number of primary amides is 1. The summed E-state index contributed by atoms with van der Waals surface area (Å²) < 4.78 is 0. The quantitative estimate of drug-likeness (QED) is 0.744. The van der Waals surface area contributed by atoms with Gasteiger partial charge in [-0.25, -0.2) is 0 Å². The first-order chi connectivity index (χ1) is 8.93. The second kappa shape index (κ2) is 6.99. The molecule has 4 N–H and O–H groups in total. The van der Waals surface area contributed by atoms with Gasteiger partial charge >= 0.3 is 0 Å². The van der Waals surface area contributed by atoms with E-state index >= 15 is 0 Å². The molecule has 0 saturated carbocycles. The predicted octanol–water partition coefficient (Wildman–Crippen LogP) is 1.77. The van der Waals surface area contributed by atoms with Gasteiger partial charge in [0.1, 0.15) is 0 Å². The van der Waals surface area contributed by atoms with Crippen LogP contribution in [-0.4, -0.2) is 24.4 Å². The molecule has 0 heterocycles. The van der Waals surface area contributed by atoms with Crippen LogP contribution in [0.4, 0.5) is 5.69 Å². The van der Waals surface area contributed by atoms with Gasteiger partial charge in [-0.05, 0) is 31.5 Å². The number of carbonyl (C=O) groups is 2. The fourth-order valence-electron chi connectivity index (χ4n) is 1.44. The highest BCUT2D eigenvalue weighted by molar-refractivity contribution is 6.34. The second-order valence-corrected chi connectivity index (χ2v) is 4.70. The maximum atomic E-state index is 11.6. The lowest BCUT2D eigenvalue weighted by Crippen LogP contribution is -2.36. The Balaban J connectivity index is 2.57. The molecule has 104 valence electrons. The van der Waals surface area contributed by atoms with Gasteiger partial charge in [-0.1, -0.05) is 18.5 Å². The molecule has 1 atom stereocenters. The molecule has 5 nitrogen and oxygen atoms in total. The summed E-state index contributed by atoms with van der Waals surface area (Å²) in [6, 6.07) is 4.90. The molecule has 0 aromatic heterocycles. The normalized spacial score (nSPS) is 11.7. The van der Waals surface area contributed by atoms with Gasteiger partial charge in [0.2, 0.25) is 11.8 Å². The zero-order valence-electron chi connectivity index (χ0n) is 11.0. The lowest BCUT2D eigenvalue weighted by Gasteiger charge is -2.12. The van der Waals surface area contributed by atoms with Crippen molar-refractivity contribution >= 4 is 29.1 Å². The molecule has 0 fully saturated rings. The number of nitrogens with one attached hydrogen (secondary N) is 2. The van der Waals surface area contributed by atoms with E-state index in [1.54, 1.807) is 12.1 Å². The molecule has 1 aromatic rings. The van der Waals surface area contributed by atoms with E-state index in [4.69, 9.17) is 17.3 Å².